The van der Waals surface area contributed by atoms with E-state index in [1.54, 1.807) is 0 Å². The van der Waals surface area contributed by atoms with Crippen LogP contribution in [0.2, 0.25) is 0 Å². The minimum atomic E-state index is 0.206. The summed E-state index contributed by atoms with van der Waals surface area (Å²) >= 11 is 0. The molecule has 0 saturated carbocycles. The van der Waals surface area contributed by atoms with Crippen LogP contribution in [-0.4, -0.2) is 36.5 Å². The van der Waals surface area contributed by atoms with Crippen LogP contribution in [0.15, 0.2) is 30.3 Å². The fourth-order valence-electron chi connectivity index (χ4n) is 3.40. The van der Waals surface area contributed by atoms with Gasteiger partial charge in [-0.2, -0.15) is 0 Å². The summed E-state index contributed by atoms with van der Waals surface area (Å²) in [4.78, 5) is 14.6. The van der Waals surface area contributed by atoms with Gasteiger partial charge in [0.25, 0.3) is 0 Å². The molecule has 3 heteroatoms. The van der Waals surface area contributed by atoms with Gasteiger partial charge in [0.2, 0.25) is 5.91 Å². The predicted octanol–water partition coefficient (Wildman–Crippen LogP) is 2.00. The first-order valence-corrected chi connectivity index (χ1v) is 7.32. The number of carbonyl (C=O) groups is 1. The molecule has 1 aromatic carbocycles. The lowest BCUT2D eigenvalue weighted by atomic mass is 9.97. The molecular formula is C16H22N2O. The molecule has 1 N–H and O–H groups in total. The SMILES string of the molecule is CC1CC(c2ccccc2)CN1C(=O)C1CCNC1. The van der Waals surface area contributed by atoms with Crippen LogP contribution in [0.4, 0.5) is 0 Å². The molecule has 102 valence electrons. The Bertz CT molecular complexity index is 439. The second-order valence-corrected chi connectivity index (χ2v) is 5.87. The van der Waals surface area contributed by atoms with Gasteiger partial charge in [-0.3, -0.25) is 4.79 Å². The smallest absolute Gasteiger partial charge is 0.227 e. The van der Waals surface area contributed by atoms with E-state index in [0.717, 1.165) is 32.5 Å². The maximum absolute atomic E-state index is 12.5. The van der Waals surface area contributed by atoms with E-state index in [9.17, 15) is 4.79 Å². The number of carbonyl (C=O) groups excluding carboxylic acids is 1. The Kier molecular flexibility index (Phi) is 3.56. The van der Waals surface area contributed by atoms with E-state index in [1.807, 2.05) is 0 Å². The summed E-state index contributed by atoms with van der Waals surface area (Å²) in [6.45, 7) is 4.92. The molecule has 2 saturated heterocycles. The van der Waals surface area contributed by atoms with Gasteiger partial charge in [0, 0.05) is 25.0 Å². The van der Waals surface area contributed by atoms with Crippen LogP contribution in [0.3, 0.4) is 0 Å². The molecule has 19 heavy (non-hydrogen) atoms. The molecule has 3 nitrogen and oxygen atoms in total. The molecule has 2 aliphatic heterocycles. The Morgan fingerprint density at radius 2 is 2.11 bits per heavy atom. The molecule has 2 fully saturated rings. The highest BCUT2D eigenvalue weighted by Crippen LogP contribution is 2.32. The zero-order valence-corrected chi connectivity index (χ0v) is 11.5. The number of rotatable bonds is 2. The predicted molar refractivity (Wildman–Crippen MR) is 76.0 cm³/mol. The Balaban J connectivity index is 1.69. The van der Waals surface area contributed by atoms with Gasteiger partial charge in [-0.1, -0.05) is 30.3 Å². The maximum Gasteiger partial charge on any atom is 0.227 e. The summed E-state index contributed by atoms with van der Waals surface area (Å²) in [5.41, 5.74) is 1.37. The third-order valence-corrected chi connectivity index (χ3v) is 4.54. The number of likely N-dealkylation sites (tertiary alicyclic amines) is 1. The number of hydrogen-bond donors (Lipinski definition) is 1. The van der Waals surface area contributed by atoms with Crippen molar-refractivity contribution in [2.24, 2.45) is 5.92 Å². The van der Waals surface area contributed by atoms with Crippen LogP contribution in [-0.2, 0) is 4.79 Å². The molecule has 0 bridgehead atoms. The molecule has 3 rings (SSSR count). The first-order chi connectivity index (χ1) is 9.25. The molecule has 0 aromatic heterocycles. The summed E-state index contributed by atoms with van der Waals surface area (Å²) in [6.07, 6.45) is 2.09. The van der Waals surface area contributed by atoms with Crippen molar-refractivity contribution in [3.05, 3.63) is 35.9 Å². The largest absolute Gasteiger partial charge is 0.339 e. The number of nitrogens with zero attached hydrogens (tertiary/aromatic N) is 1. The van der Waals surface area contributed by atoms with E-state index in [4.69, 9.17) is 0 Å². The fourth-order valence-corrected chi connectivity index (χ4v) is 3.40. The summed E-state index contributed by atoms with van der Waals surface area (Å²) in [7, 11) is 0. The lowest BCUT2D eigenvalue weighted by Crippen LogP contribution is -2.39. The average Bonchev–Trinajstić information content (AvgIpc) is 3.08. The number of amides is 1. The Labute approximate surface area is 115 Å². The lowest BCUT2D eigenvalue weighted by Gasteiger charge is -2.24. The van der Waals surface area contributed by atoms with Crippen LogP contribution in [0, 0.1) is 5.92 Å². The van der Waals surface area contributed by atoms with Crippen molar-refractivity contribution in [3.8, 4) is 0 Å². The van der Waals surface area contributed by atoms with Gasteiger partial charge < -0.3 is 10.2 Å². The highest BCUT2D eigenvalue weighted by molar-refractivity contribution is 5.80. The van der Waals surface area contributed by atoms with Gasteiger partial charge in [-0.25, -0.2) is 0 Å². The average molecular weight is 258 g/mol. The first-order valence-electron chi connectivity index (χ1n) is 7.32. The van der Waals surface area contributed by atoms with Gasteiger partial charge in [0.15, 0.2) is 0 Å². The third kappa shape index (κ3) is 2.52. The highest BCUT2D eigenvalue weighted by Gasteiger charge is 2.36. The van der Waals surface area contributed by atoms with Crippen molar-refractivity contribution in [2.75, 3.05) is 19.6 Å². The van der Waals surface area contributed by atoms with E-state index in [0.29, 0.717) is 17.9 Å². The van der Waals surface area contributed by atoms with Gasteiger partial charge in [0.05, 0.1) is 5.92 Å². The standard InChI is InChI=1S/C16H22N2O/c1-12-9-15(13-5-3-2-4-6-13)11-18(12)16(19)14-7-8-17-10-14/h2-6,12,14-15,17H,7-11H2,1H3. The lowest BCUT2D eigenvalue weighted by molar-refractivity contribution is -0.135. The molecule has 3 unspecified atom stereocenters. The topological polar surface area (TPSA) is 32.3 Å². The number of hydrogen-bond acceptors (Lipinski definition) is 2. The van der Waals surface area contributed by atoms with Crippen LogP contribution in [0.1, 0.15) is 31.2 Å². The second kappa shape index (κ2) is 5.33. The second-order valence-electron chi connectivity index (χ2n) is 5.87. The molecule has 2 aliphatic rings. The molecule has 1 amide bonds. The molecule has 0 radical (unpaired) electrons. The number of benzene rings is 1. The quantitative estimate of drug-likeness (QED) is 0.880. The van der Waals surface area contributed by atoms with E-state index in [2.05, 4.69) is 47.5 Å². The van der Waals surface area contributed by atoms with Crippen LogP contribution in [0.25, 0.3) is 0 Å². The summed E-state index contributed by atoms with van der Waals surface area (Å²) < 4.78 is 0. The highest BCUT2D eigenvalue weighted by atomic mass is 16.2. The minimum Gasteiger partial charge on any atom is -0.339 e. The third-order valence-electron chi connectivity index (χ3n) is 4.54. The molecule has 1 aromatic rings. The Morgan fingerprint density at radius 3 is 2.79 bits per heavy atom. The molecular weight excluding hydrogens is 236 g/mol. The van der Waals surface area contributed by atoms with E-state index in [-0.39, 0.29) is 5.92 Å². The zero-order valence-electron chi connectivity index (χ0n) is 11.5. The first kappa shape index (κ1) is 12.7. The van der Waals surface area contributed by atoms with Crippen molar-refractivity contribution in [1.29, 1.82) is 0 Å². The molecule has 2 heterocycles. The van der Waals surface area contributed by atoms with Gasteiger partial charge >= 0.3 is 0 Å². The maximum atomic E-state index is 12.5. The van der Waals surface area contributed by atoms with Gasteiger partial charge in [-0.15, -0.1) is 0 Å². The van der Waals surface area contributed by atoms with Crippen molar-refractivity contribution in [3.63, 3.8) is 0 Å². The normalized spacial score (nSPS) is 30.8. The minimum absolute atomic E-state index is 0.206. The zero-order chi connectivity index (χ0) is 13.2. The fraction of sp³-hybridized carbons (Fsp3) is 0.562. The van der Waals surface area contributed by atoms with E-state index >= 15 is 0 Å². The molecule has 3 atom stereocenters. The van der Waals surface area contributed by atoms with Crippen molar-refractivity contribution in [1.82, 2.24) is 10.2 Å². The van der Waals surface area contributed by atoms with E-state index in [1.165, 1.54) is 5.56 Å². The number of nitrogens with one attached hydrogen (secondary N) is 1. The summed E-state index contributed by atoms with van der Waals surface area (Å²) in [6, 6.07) is 11.0. The van der Waals surface area contributed by atoms with E-state index < -0.39 is 0 Å². The van der Waals surface area contributed by atoms with Gasteiger partial charge in [0.1, 0.15) is 0 Å². The summed E-state index contributed by atoms with van der Waals surface area (Å²) in [5.74, 6) is 1.07. The summed E-state index contributed by atoms with van der Waals surface area (Å²) in [5, 5.41) is 3.29. The Morgan fingerprint density at radius 1 is 1.32 bits per heavy atom. The van der Waals surface area contributed by atoms with Crippen LogP contribution >= 0.6 is 0 Å². The Hall–Kier alpha value is -1.35. The van der Waals surface area contributed by atoms with Crippen molar-refractivity contribution in [2.45, 2.75) is 31.7 Å². The van der Waals surface area contributed by atoms with Crippen LogP contribution < -0.4 is 5.32 Å². The van der Waals surface area contributed by atoms with Crippen molar-refractivity contribution >= 4 is 5.91 Å². The van der Waals surface area contributed by atoms with Crippen LogP contribution in [0.5, 0.6) is 0 Å². The molecule has 0 aliphatic carbocycles. The monoisotopic (exact) mass is 258 g/mol. The molecule has 0 spiro atoms. The van der Waals surface area contributed by atoms with Gasteiger partial charge in [-0.05, 0) is 31.9 Å². The van der Waals surface area contributed by atoms with Crippen molar-refractivity contribution < 1.29 is 4.79 Å².